The number of H-pyrrole nitrogens is 1. The molecule has 1 saturated carbocycles. The van der Waals surface area contributed by atoms with Crippen LogP contribution in [0.3, 0.4) is 0 Å². The molecule has 1 aromatic rings. The smallest absolute Gasteiger partial charge is 0.253 e. The minimum Gasteiger partial charge on any atom is -0.364 e. The Morgan fingerprint density at radius 2 is 2.23 bits per heavy atom. The standard InChI is InChI=1S/C10H12N2O/c13-9-7-2-5-11-8(7)6-10(12-9)3-1-4-10/h2,5,11H,1,3-4,6H2,(H,12,13). The highest BCUT2D eigenvalue weighted by Gasteiger charge is 2.42. The van der Waals surface area contributed by atoms with Crippen LogP contribution in [0.15, 0.2) is 12.3 Å². The van der Waals surface area contributed by atoms with Crippen molar-refractivity contribution in [3.05, 3.63) is 23.5 Å². The van der Waals surface area contributed by atoms with Crippen molar-refractivity contribution in [2.45, 2.75) is 31.2 Å². The van der Waals surface area contributed by atoms with E-state index in [9.17, 15) is 4.79 Å². The van der Waals surface area contributed by atoms with E-state index in [0.717, 1.165) is 30.5 Å². The zero-order valence-corrected chi connectivity index (χ0v) is 7.39. The maximum atomic E-state index is 11.6. The van der Waals surface area contributed by atoms with E-state index in [1.54, 1.807) is 0 Å². The number of rotatable bonds is 0. The first-order valence-electron chi connectivity index (χ1n) is 4.78. The summed E-state index contributed by atoms with van der Waals surface area (Å²) in [5.74, 6) is 0.0993. The van der Waals surface area contributed by atoms with Gasteiger partial charge in [-0.3, -0.25) is 4.79 Å². The molecule has 1 aliphatic heterocycles. The normalized spacial score (nSPS) is 23.5. The lowest BCUT2D eigenvalue weighted by molar-refractivity contribution is 0.0794. The van der Waals surface area contributed by atoms with Gasteiger partial charge in [0.05, 0.1) is 5.56 Å². The molecule has 13 heavy (non-hydrogen) atoms. The first-order valence-corrected chi connectivity index (χ1v) is 4.78. The molecule has 1 fully saturated rings. The number of aromatic amines is 1. The monoisotopic (exact) mass is 176 g/mol. The fourth-order valence-electron chi connectivity index (χ4n) is 2.36. The molecule has 0 unspecified atom stereocenters. The van der Waals surface area contributed by atoms with Crippen molar-refractivity contribution < 1.29 is 4.79 Å². The number of hydrogen-bond acceptors (Lipinski definition) is 1. The number of fused-ring (bicyclic) bond motifs is 1. The molecule has 0 radical (unpaired) electrons. The van der Waals surface area contributed by atoms with Crippen LogP contribution >= 0.6 is 0 Å². The van der Waals surface area contributed by atoms with Crippen molar-refractivity contribution in [1.29, 1.82) is 0 Å². The molecule has 1 spiro atoms. The molecule has 3 rings (SSSR count). The van der Waals surface area contributed by atoms with E-state index in [-0.39, 0.29) is 11.4 Å². The Morgan fingerprint density at radius 3 is 2.92 bits per heavy atom. The Bertz CT molecular complexity index is 363. The molecule has 68 valence electrons. The van der Waals surface area contributed by atoms with Gasteiger partial charge in [-0.1, -0.05) is 0 Å². The summed E-state index contributed by atoms with van der Waals surface area (Å²) < 4.78 is 0. The van der Waals surface area contributed by atoms with Crippen LogP contribution in [-0.4, -0.2) is 16.4 Å². The predicted molar refractivity (Wildman–Crippen MR) is 48.5 cm³/mol. The molecule has 2 heterocycles. The summed E-state index contributed by atoms with van der Waals surface area (Å²) in [6.07, 6.45) is 6.35. The van der Waals surface area contributed by atoms with Crippen LogP contribution in [0.25, 0.3) is 0 Å². The molecule has 0 atom stereocenters. The van der Waals surface area contributed by atoms with Crippen LogP contribution < -0.4 is 5.32 Å². The molecular formula is C10H12N2O. The lowest BCUT2D eigenvalue weighted by atomic mass is 9.71. The van der Waals surface area contributed by atoms with Crippen LogP contribution in [-0.2, 0) is 6.42 Å². The average molecular weight is 176 g/mol. The number of carbonyl (C=O) groups is 1. The molecule has 1 amide bonds. The lowest BCUT2D eigenvalue weighted by Gasteiger charge is -2.44. The van der Waals surface area contributed by atoms with Crippen molar-refractivity contribution in [2.24, 2.45) is 0 Å². The second-order valence-corrected chi connectivity index (χ2v) is 4.13. The van der Waals surface area contributed by atoms with Gasteiger partial charge in [0.15, 0.2) is 0 Å². The van der Waals surface area contributed by atoms with Gasteiger partial charge in [-0.15, -0.1) is 0 Å². The Morgan fingerprint density at radius 1 is 1.38 bits per heavy atom. The van der Waals surface area contributed by atoms with Crippen LogP contribution in [0.5, 0.6) is 0 Å². The Balaban J connectivity index is 2.03. The highest BCUT2D eigenvalue weighted by molar-refractivity contribution is 5.97. The molecule has 2 N–H and O–H groups in total. The van der Waals surface area contributed by atoms with E-state index in [0.29, 0.717) is 0 Å². The summed E-state index contributed by atoms with van der Waals surface area (Å²) in [7, 11) is 0. The zero-order valence-electron chi connectivity index (χ0n) is 7.39. The van der Waals surface area contributed by atoms with Gasteiger partial charge in [0.1, 0.15) is 0 Å². The van der Waals surface area contributed by atoms with Crippen molar-refractivity contribution in [1.82, 2.24) is 10.3 Å². The molecule has 0 aromatic carbocycles. The van der Waals surface area contributed by atoms with E-state index in [4.69, 9.17) is 0 Å². The molecule has 0 bridgehead atoms. The van der Waals surface area contributed by atoms with E-state index in [2.05, 4.69) is 10.3 Å². The second kappa shape index (κ2) is 2.16. The highest BCUT2D eigenvalue weighted by Crippen LogP contribution is 2.37. The third-order valence-electron chi connectivity index (χ3n) is 3.28. The Hall–Kier alpha value is -1.25. The summed E-state index contributed by atoms with van der Waals surface area (Å²) in [6.45, 7) is 0. The second-order valence-electron chi connectivity index (χ2n) is 4.13. The SMILES string of the molecule is O=C1NC2(CCC2)Cc2[nH]ccc21. The van der Waals surface area contributed by atoms with Crippen LogP contribution in [0.1, 0.15) is 35.3 Å². The average Bonchev–Trinajstić information content (AvgIpc) is 2.49. The first kappa shape index (κ1) is 7.18. The maximum absolute atomic E-state index is 11.6. The largest absolute Gasteiger partial charge is 0.364 e. The number of carbonyl (C=O) groups excluding carboxylic acids is 1. The number of amides is 1. The summed E-state index contributed by atoms with van der Waals surface area (Å²) in [6, 6.07) is 1.86. The van der Waals surface area contributed by atoms with Crippen molar-refractivity contribution in [3.8, 4) is 0 Å². The van der Waals surface area contributed by atoms with Gasteiger partial charge in [0.25, 0.3) is 5.91 Å². The third-order valence-corrected chi connectivity index (χ3v) is 3.28. The fourth-order valence-corrected chi connectivity index (χ4v) is 2.36. The van der Waals surface area contributed by atoms with Crippen molar-refractivity contribution >= 4 is 5.91 Å². The summed E-state index contributed by atoms with van der Waals surface area (Å²) in [4.78, 5) is 14.8. The summed E-state index contributed by atoms with van der Waals surface area (Å²) in [5, 5.41) is 3.11. The maximum Gasteiger partial charge on any atom is 0.253 e. The molecular weight excluding hydrogens is 164 g/mol. The quantitative estimate of drug-likeness (QED) is 0.613. The van der Waals surface area contributed by atoms with Crippen LogP contribution in [0.4, 0.5) is 0 Å². The third kappa shape index (κ3) is 0.870. The van der Waals surface area contributed by atoms with Gasteiger partial charge in [0.2, 0.25) is 0 Å². The lowest BCUT2D eigenvalue weighted by Crippen LogP contribution is -2.57. The Kier molecular flexibility index (Phi) is 1.19. The number of aromatic nitrogens is 1. The fraction of sp³-hybridized carbons (Fsp3) is 0.500. The predicted octanol–water partition coefficient (Wildman–Crippen LogP) is 1.22. The molecule has 1 aliphatic carbocycles. The molecule has 3 heteroatoms. The van der Waals surface area contributed by atoms with Gasteiger partial charge in [-0.05, 0) is 25.3 Å². The summed E-state index contributed by atoms with van der Waals surface area (Å²) >= 11 is 0. The van der Waals surface area contributed by atoms with Crippen LogP contribution in [0, 0.1) is 0 Å². The van der Waals surface area contributed by atoms with Gasteiger partial charge < -0.3 is 10.3 Å². The Labute approximate surface area is 76.5 Å². The minimum absolute atomic E-state index is 0.0993. The van der Waals surface area contributed by atoms with Crippen molar-refractivity contribution in [2.75, 3.05) is 0 Å². The molecule has 3 nitrogen and oxygen atoms in total. The van der Waals surface area contributed by atoms with E-state index < -0.39 is 0 Å². The van der Waals surface area contributed by atoms with Crippen LogP contribution in [0.2, 0.25) is 0 Å². The van der Waals surface area contributed by atoms with E-state index in [1.807, 2.05) is 12.3 Å². The van der Waals surface area contributed by atoms with Gasteiger partial charge in [-0.25, -0.2) is 0 Å². The van der Waals surface area contributed by atoms with Gasteiger partial charge >= 0.3 is 0 Å². The van der Waals surface area contributed by atoms with Gasteiger partial charge in [-0.2, -0.15) is 0 Å². The van der Waals surface area contributed by atoms with Crippen molar-refractivity contribution in [3.63, 3.8) is 0 Å². The zero-order chi connectivity index (χ0) is 8.89. The number of nitrogens with one attached hydrogen (secondary N) is 2. The van der Waals surface area contributed by atoms with E-state index >= 15 is 0 Å². The number of hydrogen-bond donors (Lipinski definition) is 2. The summed E-state index contributed by atoms with van der Waals surface area (Å²) in [5.41, 5.74) is 2.05. The minimum atomic E-state index is 0.0993. The topological polar surface area (TPSA) is 44.9 Å². The highest BCUT2D eigenvalue weighted by atomic mass is 16.1. The van der Waals surface area contributed by atoms with Gasteiger partial charge in [0, 0.05) is 23.9 Å². The first-order chi connectivity index (χ1) is 6.29. The molecule has 2 aliphatic rings. The molecule has 1 aromatic heterocycles. The van der Waals surface area contributed by atoms with E-state index in [1.165, 1.54) is 6.42 Å². The molecule has 0 saturated heterocycles.